The molecule has 1 aromatic heterocycles. The number of aryl methyl sites for hydroxylation is 1. The van der Waals surface area contributed by atoms with Crippen LogP contribution < -0.4 is 14.7 Å². The van der Waals surface area contributed by atoms with E-state index in [-0.39, 0.29) is 0 Å². The Balaban J connectivity index is 1.19. The molecule has 50 heavy (non-hydrogen) atoms. The van der Waals surface area contributed by atoms with Gasteiger partial charge in [-0.1, -0.05) is 78.4 Å². The van der Waals surface area contributed by atoms with Crippen molar-refractivity contribution in [1.82, 2.24) is 4.98 Å². The first-order valence-electron chi connectivity index (χ1n) is 16.9. The third kappa shape index (κ3) is 6.18. The van der Waals surface area contributed by atoms with Crippen LogP contribution in [-0.2, 0) is 0 Å². The molecule has 240 valence electrons. The van der Waals surface area contributed by atoms with Crippen LogP contribution in [0.5, 0.6) is 0 Å². The predicted molar refractivity (Wildman–Crippen MR) is 211 cm³/mol. The number of nitrogens with zero attached hydrogens (tertiary/aromatic N) is 4. The molecule has 0 aliphatic carbocycles. The summed E-state index contributed by atoms with van der Waals surface area (Å²) in [6.45, 7) is 2.12. The van der Waals surface area contributed by atoms with Crippen molar-refractivity contribution >= 4 is 62.1 Å². The molecule has 8 aromatic rings. The Morgan fingerprint density at radius 1 is 0.320 bits per heavy atom. The fourth-order valence-corrected chi connectivity index (χ4v) is 6.53. The lowest BCUT2D eigenvalue weighted by molar-refractivity contribution is 1.24. The molecule has 0 saturated heterocycles. The number of para-hydroxylation sites is 3. The number of aromatic nitrogens is 1. The highest BCUT2D eigenvalue weighted by Crippen LogP contribution is 2.42. The van der Waals surface area contributed by atoms with E-state index < -0.39 is 0 Å². The molecule has 0 radical (unpaired) electrons. The highest BCUT2D eigenvalue weighted by molar-refractivity contribution is 5.97. The van der Waals surface area contributed by atoms with Gasteiger partial charge in [-0.2, -0.15) is 0 Å². The standard InChI is InChI=1S/C46H36N4/c1-35-22-24-39(25-23-35)48(36-13-5-2-6-14-36)40-26-28-41(29-27-40)49(37-15-7-3-8-16-37)42-30-32-43(33-31-42)50(38-17-9-4-10-18-38)46-21-11-20-45-44(46)19-12-34-47-45/h2-34H,1H3. The summed E-state index contributed by atoms with van der Waals surface area (Å²) >= 11 is 0. The minimum Gasteiger partial charge on any atom is -0.311 e. The Labute approximate surface area is 293 Å². The molecule has 8 rings (SSSR count). The van der Waals surface area contributed by atoms with Gasteiger partial charge in [0, 0.05) is 57.1 Å². The summed E-state index contributed by atoms with van der Waals surface area (Å²) in [5.74, 6) is 0. The zero-order valence-electron chi connectivity index (χ0n) is 27.8. The van der Waals surface area contributed by atoms with E-state index in [1.165, 1.54) is 5.56 Å². The lowest BCUT2D eigenvalue weighted by Crippen LogP contribution is -2.13. The monoisotopic (exact) mass is 644 g/mol. The van der Waals surface area contributed by atoms with E-state index in [9.17, 15) is 0 Å². The van der Waals surface area contributed by atoms with Crippen LogP contribution >= 0.6 is 0 Å². The molecule has 0 saturated carbocycles. The highest BCUT2D eigenvalue weighted by atomic mass is 15.2. The van der Waals surface area contributed by atoms with E-state index in [0.717, 1.165) is 62.1 Å². The van der Waals surface area contributed by atoms with Crippen molar-refractivity contribution in [3.05, 3.63) is 206 Å². The second kappa shape index (κ2) is 13.8. The van der Waals surface area contributed by atoms with Gasteiger partial charge in [-0.25, -0.2) is 0 Å². The summed E-state index contributed by atoms with van der Waals surface area (Å²) in [6.07, 6.45) is 1.85. The molecular formula is C46H36N4. The van der Waals surface area contributed by atoms with Crippen LogP contribution in [0.25, 0.3) is 10.9 Å². The van der Waals surface area contributed by atoms with Gasteiger partial charge in [-0.15, -0.1) is 0 Å². The molecule has 0 N–H and O–H groups in total. The molecule has 7 aromatic carbocycles. The first-order valence-corrected chi connectivity index (χ1v) is 16.9. The van der Waals surface area contributed by atoms with Gasteiger partial charge in [0.1, 0.15) is 0 Å². The van der Waals surface area contributed by atoms with Gasteiger partial charge in [0.25, 0.3) is 0 Å². The summed E-state index contributed by atoms with van der Waals surface area (Å²) in [4.78, 5) is 11.5. The molecule has 0 aliphatic rings. The van der Waals surface area contributed by atoms with Gasteiger partial charge in [0.2, 0.25) is 0 Å². The maximum Gasteiger partial charge on any atom is 0.0723 e. The maximum atomic E-state index is 4.63. The molecule has 4 nitrogen and oxygen atoms in total. The average molecular weight is 645 g/mol. The largest absolute Gasteiger partial charge is 0.311 e. The van der Waals surface area contributed by atoms with Gasteiger partial charge >= 0.3 is 0 Å². The van der Waals surface area contributed by atoms with Crippen molar-refractivity contribution < 1.29 is 0 Å². The van der Waals surface area contributed by atoms with E-state index in [2.05, 4.69) is 215 Å². The quantitative estimate of drug-likeness (QED) is 0.156. The highest BCUT2D eigenvalue weighted by Gasteiger charge is 2.18. The number of benzene rings is 7. The number of hydrogen-bond donors (Lipinski definition) is 0. The second-order valence-corrected chi connectivity index (χ2v) is 12.2. The smallest absolute Gasteiger partial charge is 0.0723 e. The van der Waals surface area contributed by atoms with Gasteiger partial charge < -0.3 is 14.7 Å². The topological polar surface area (TPSA) is 22.6 Å². The van der Waals surface area contributed by atoms with Crippen LogP contribution in [0.15, 0.2) is 200 Å². The van der Waals surface area contributed by atoms with Gasteiger partial charge in [0.15, 0.2) is 0 Å². The van der Waals surface area contributed by atoms with Crippen molar-refractivity contribution in [2.24, 2.45) is 0 Å². The van der Waals surface area contributed by atoms with E-state index in [1.807, 2.05) is 12.3 Å². The third-order valence-electron chi connectivity index (χ3n) is 8.93. The van der Waals surface area contributed by atoms with Crippen molar-refractivity contribution in [2.75, 3.05) is 14.7 Å². The van der Waals surface area contributed by atoms with E-state index in [0.29, 0.717) is 0 Å². The lowest BCUT2D eigenvalue weighted by atomic mass is 10.1. The Morgan fingerprint density at radius 3 is 1.16 bits per heavy atom. The third-order valence-corrected chi connectivity index (χ3v) is 8.93. The van der Waals surface area contributed by atoms with Crippen LogP contribution in [0.2, 0.25) is 0 Å². The van der Waals surface area contributed by atoms with Crippen LogP contribution in [0.4, 0.5) is 51.2 Å². The number of anilines is 9. The summed E-state index contributed by atoms with van der Waals surface area (Å²) in [7, 11) is 0. The van der Waals surface area contributed by atoms with Crippen molar-refractivity contribution in [2.45, 2.75) is 6.92 Å². The fraction of sp³-hybridized carbons (Fsp3) is 0.0217. The molecule has 0 bridgehead atoms. The Hall–Kier alpha value is -6.65. The predicted octanol–water partition coefficient (Wildman–Crippen LogP) is 13.0. The van der Waals surface area contributed by atoms with Crippen molar-refractivity contribution in [1.29, 1.82) is 0 Å². The molecule has 0 amide bonds. The number of pyridine rings is 1. The normalized spacial score (nSPS) is 10.9. The first kappa shape index (κ1) is 30.7. The van der Waals surface area contributed by atoms with E-state index in [1.54, 1.807) is 0 Å². The minimum absolute atomic E-state index is 0.967. The molecule has 0 spiro atoms. The zero-order valence-corrected chi connectivity index (χ0v) is 27.8. The molecule has 1 heterocycles. The SMILES string of the molecule is Cc1ccc(N(c2ccccc2)c2ccc(N(c3ccccc3)c3ccc(N(c4ccccc4)c4cccc5ncccc45)cc3)cc2)cc1. The Kier molecular flexibility index (Phi) is 8.49. The summed E-state index contributed by atoms with van der Waals surface area (Å²) in [6, 6.07) is 68.4. The van der Waals surface area contributed by atoms with Crippen molar-refractivity contribution in [3.8, 4) is 0 Å². The molecule has 0 fully saturated rings. The number of rotatable bonds is 9. The van der Waals surface area contributed by atoms with Gasteiger partial charge in [-0.3, -0.25) is 4.98 Å². The van der Waals surface area contributed by atoms with Crippen LogP contribution in [0, 0.1) is 6.92 Å². The van der Waals surface area contributed by atoms with Crippen molar-refractivity contribution in [3.63, 3.8) is 0 Å². The molecule has 0 atom stereocenters. The Morgan fingerprint density at radius 2 is 0.700 bits per heavy atom. The lowest BCUT2D eigenvalue weighted by Gasteiger charge is -2.29. The minimum atomic E-state index is 0.967. The molecular weight excluding hydrogens is 609 g/mol. The number of hydrogen-bond acceptors (Lipinski definition) is 4. The van der Waals surface area contributed by atoms with E-state index >= 15 is 0 Å². The van der Waals surface area contributed by atoms with E-state index in [4.69, 9.17) is 0 Å². The summed E-state index contributed by atoms with van der Waals surface area (Å²) < 4.78 is 0. The van der Waals surface area contributed by atoms with Crippen LogP contribution in [-0.4, -0.2) is 4.98 Å². The van der Waals surface area contributed by atoms with Gasteiger partial charge in [-0.05, 0) is 128 Å². The van der Waals surface area contributed by atoms with Gasteiger partial charge in [0.05, 0.1) is 11.2 Å². The van der Waals surface area contributed by atoms with Crippen LogP contribution in [0.1, 0.15) is 5.56 Å². The first-order chi connectivity index (χ1) is 24.7. The van der Waals surface area contributed by atoms with Crippen LogP contribution in [0.3, 0.4) is 0 Å². The molecule has 0 unspecified atom stereocenters. The molecule has 0 aliphatic heterocycles. The summed E-state index contributed by atoms with van der Waals surface area (Å²) in [5.41, 5.74) is 12.0. The average Bonchev–Trinajstić information content (AvgIpc) is 3.18. The zero-order chi connectivity index (χ0) is 33.7. The number of fused-ring (bicyclic) bond motifs is 1. The summed E-state index contributed by atoms with van der Waals surface area (Å²) in [5, 5.41) is 1.10. The maximum absolute atomic E-state index is 4.63. The Bertz CT molecular complexity index is 2300. The second-order valence-electron chi connectivity index (χ2n) is 12.2. The molecule has 4 heteroatoms. The fourth-order valence-electron chi connectivity index (χ4n) is 6.53.